The summed E-state index contributed by atoms with van der Waals surface area (Å²) in [6.07, 6.45) is 8.29. The molecular weight excluding hydrogens is 196 g/mol. The van der Waals surface area contributed by atoms with Gasteiger partial charge in [-0.05, 0) is 46.0 Å². The minimum absolute atomic E-state index is 0.656. The summed E-state index contributed by atoms with van der Waals surface area (Å²) in [6.45, 7) is 13.4. The molecule has 0 aromatic heterocycles. The van der Waals surface area contributed by atoms with Gasteiger partial charge < -0.3 is 9.80 Å². The Morgan fingerprint density at radius 1 is 1.44 bits per heavy atom. The van der Waals surface area contributed by atoms with Crippen molar-refractivity contribution in [2.45, 2.75) is 25.8 Å². The second-order valence-electron chi connectivity index (χ2n) is 4.41. The summed E-state index contributed by atoms with van der Waals surface area (Å²) in [4.78, 5) is 4.81. The Balaban J connectivity index is 2.56. The van der Waals surface area contributed by atoms with Crippen LogP contribution in [-0.2, 0) is 0 Å². The summed E-state index contributed by atoms with van der Waals surface area (Å²) >= 11 is 0. The van der Waals surface area contributed by atoms with Crippen LogP contribution in [0.3, 0.4) is 0 Å². The number of hydrogen-bond acceptors (Lipinski definition) is 2. The number of rotatable bonds is 5. The summed E-state index contributed by atoms with van der Waals surface area (Å²) in [7, 11) is 2.19. The van der Waals surface area contributed by atoms with E-state index in [1.165, 1.54) is 25.9 Å². The Morgan fingerprint density at radius 2 is 2.06 bits per heavy atom. The highest BCUT2D eigenvalue weighted by Gasteiger charge is 2.21. The number of nitrogens with zero attached hydrogens (tertiary/aromatic N) is 2. The van der Waals surface area contributed by atoms with Gasteiger partial charge in [0.15, 0.2) is 0 Å². The lowest BCUT2D eigenvalue weighted by molar-refractivity contribution is 0.158. The normalized spacial score (nSPS) is 18.9. The van der Waals surface area contributed by atoms with Crippen LogP contribution in [0, 0.1) is 0 Å². The van der Waals surface area contributed by atoms with E-state index in [2.05, 4.69) is 43.0 Å². The second-order valence-corrected chi connectivity index (χ2v) is 4.41. The fourth-order valence-corrected chi connectivity index (χ4v) is 2.28. The van der Waals surface area contributed by atoms with Crippen molar-refractivity contribution in [1.82, 2.24) is 9.80 Å². The molecular formula is C14H24N2. The summed E-state index contributed by atoms with van der Waals surface area (Å²) in [5.74, 6) is 0. The van der Waals surface area contributed by atoms with Crippen LogP contribution in [0.5, 0.6) is 0 Å². The molecule has 0 atom stereocenters. The third kappa shape index (κ3) is 3.53. The minimum atomic E-state index is 0.656. The zero-order valence-electron chi connectivity index (χ0n) is 10.7. The molecule has 16 heavy (non-hydrogen) atoms. The van der Waals surface area contributed by atoms with E-state index < -0.39 is 0 Å². The fourth-order valence-electron chi connectivity index (χ4n) is 2.28. The minimum Gasteiger partial charge on any atom is -0.369 e. The van der Waals surface area contributed by atoms with Crippen LogP contribution in [0.25, 0.3) is 0 Å². The van der Waals surface area contributed by atoms with Gasteiger partial charge in [-0.1, -0.05) is 25.3 Å². The van der Waals surface area contributed by atoms with Crippen molar-refractivity contribution < 1.29 is 0 Å². The SMILES string of the molecule is C=C/C=C\C(=C)N(CC)C1CCN(C)CC1. The van der Waals surface area contributed by atoms with E-state index in [-0.39, 0.29) is 0 Å². The average Bonchev–Trinajstić information content (AvgIpc) is 2.30. The summed E-state index contributed by atoms with van der Waals surface area (Å²) in [5.41, 5.74) is 1.11. The molecule has 0 spiro atoms. The van der Waals surface area contributed by atoms with E-state index in [4.69, 9.17) is 0 Å². The van der Waals surface area contributed by atoms with Gasteiger partial charge in [0.05, 0.1) is 0 Å². The molecule has 0 saturated carbocycles. The first-order valence-electron chi connectivity index (χ1n) is 6.12. The topological polar surface area (TPSA) is 6.48 Å². The van der Waals surface area contributed by atoms with Crippen LogP contribution >= 0.6 is 0 Å². The molecule has 90 valence electrons. The van der Waals surface area contributed by atoms with Crippen LogP contribution in [0.15, 0.2) is 37.1 Å². The van der Waals surface area contributed by atoms with Crippen molar-refractivity contribution in [3.05, 3.63) is 37.1 Å². The first-order valence-corrected chi connectivity index (χ1v) is 6.12. The standard InChI is InChI=1S/C14H24N2/c1-5-7-8-13(3)16(6-2)14-9-11-15(4)12-10-14/h5,7-8,14H,1,3,6,9-12H2,2,4H3/b8-7-. The maximum absolute atomic E-state index is 4.14. The predicted octanol–water partition coefficient (Wildman–Crippen LogP) is 2.66. The largest absolute Gasteiger partial charge is 0.369 e. The zero-order chi connectivity index (χ0) is 12.0. The number of likely N-dealkylation sites (tertiary alicyclic amines) is 1. The smallest absolute Gasteiger partial charge is 0.0313 e. The summed E-state index contributed by atoms with van der Waals surface area (Å²) in [6, 6.07) is 0.656. The highest BCUT2D eigenvalue weighted by molar-refractivity contribution is 5.18. The van der Waals surface area contributed by atoms with E-state index >= 15 is 0 Å². The number of hydrogen-bond donors (Lipinski definition) is 0. The molecule has 1 aliphatic heterocycles. The Kier molecular flexibility index (Phi) is 5.33. The van der Waals surface area contributed by atoms with Crippen LogP contribution < -0.4 is 0 Å². The Morgan fingerprint density at radius 3 is 2.56 bits per heavy atom. The van der Waals surface area contributed by atoms with Crippen molar-refractivity contribution in [2.24, 2.45) is 0 Å². The lowest BCUT2D eigenvalue weighted by Gasteiger charge is -2.38. The van der Waals surface area contributed by atoms with Crippen LogP contribution in [-0.4, -0.2) is 42.5 Å². The van der Waals surface area contributed by atoms with Crippen LogP contribution in [0.1, 0.15) is 19.8 Å². The molecule has 2 nitrogen and oxygen atoms in total. The van der Waals surface area contributed by atoms with E-state index in [1.54, 1.807) is 6.08 Å². The molecule has 2 heteroatoms. The zero-order valence-corrected chi connectivity index (χ0v) is 10.7. The van der Waals surface area contributed by atoms with Gasteiger partial charge in [-0.2, -0.15) is 0 Å². The van der Waals surface area contributed by atoms with Gasteiger partial charge in [0.1, 0.15) is 0 Å². The number of likely N-dealkylation sites (N-methyl/N-ethyl adjacent to an activating group) is 1. The molecule has 0 aromatic carbocycles. The van der Waals surface area contributed by atoms with Gasteiger partial charge in [0.2, 0.25) is 0 Å². The monoisotopic (exact) mass is 220 g/mol. The lowest BCUT2D eigenvalue weighted by atomic mass is 10.0. The maximum Gasteiger partial charge on any atom is 0.0313 e. The lowest BCUT2D eigenvalue weighted by Crippen LogP contribution is -2.42. The number of piperidine rings is 1. The molecule has 1 rings (SSSR count). The Bertz CT molecular complexity index is 260. The van der Waals surface area contributed by atoms with Crippen molar-refractivity contribution in [2.75, 3.05) is 26.7 Å². The Labute approximate surface area is 99.9 Å². The van der Waals surface area contributed by atoms with Gasteiger partial charge in [-0.25, -0.2) is 0 Å². The number of allylic oxidation sites excluding steroid dienone is 3. The van der Waals surface area contributed by atoms with Crippen molar-refractivity contribution in [1.29, 1.82) is 0 Å². The molecule has 0 aliphatic carbocycles. The average molecular weight is 220 g/mol. The molecule has 0 unspecified atom stereocenters. The van der Waals surface area contributed by atoms with Crippen molar-refractivity contribution in [3.63, 3.8) is 0 Å². The molecule has 0 aromatic rings. The second kappa shape index (κ2) is 6.54. The maximum atomic E-state index is 4.14. The third-order valence-electron chi connectivity index (χ3n) is 3.26. The molecule has 0 bridgehead atoms. The van der Waals surface area contributed by atoms with E-state index in [9.17, 15) is 0 Å². The van der Waals surface area contributed by atoms with Gasteiger partial charge in [0, 0.05) is 18.3 Å². The van der Waals surface area contributed by atoms with E-state index in [0.29, 0.717) is 6.04 Å². The molecule has 1 fully saturated rings. The highest BCUT2D eigenvalue weighted by atomic mass is 15.2. The molecule has 1 heterocycles. The molecule has 0 radical (unpaired) electrons. The fraction of sp³-hybridized carbons (Fsp3) is 0.571. The first-order chi connectivity index (χ1) is 7.69. The Hall–Kier alpha value is -1.02. The third-order valence-corrected chi connectivity index (χ3v) is 3.26. The van der Waals surface area contributed by atoms with Crippen LogP contribution in [0.2, 0.25) is 0 Å². The quantitative estimate of drug-likeness (QED) is 0.657. The molecule has 1 aliphatic rings. The van der Waals surface area contributed by atoms with Gasteiger partial charge in [-0.3, -0.25) is 0 Å². The van der Waals surface area contributed by atoms with Gasteiger partial charge >= 0.3 is 0 Å². The summed E-state index contributed by atoms with van der Waals surface area (Å²) in [5, 5.41) is 0. The molecule has 0 N–H and O–H groups in total. The van der Waals surface area contributed by atoms with Crippen molar-refractivity contribution in [3.8, 4) is 0 Å². The van der Waals surface area contributed by atoms with Crippen LogP contribution in [0.4, 0.5) is 0 Å². The van der Waals surface area contributed by atoms with Crippen molar-refractivity contribution >= 4 is 0 Å². The first kappa shape index (κ1) is 13.0. The van der Waals surface area contributed by atoms with Gasteiger partial charge in [0.25, 0.3) is 0 Å². The molecule has 1 saturated heterocycles. The highest BCUT2D eigenvalue weighted by Crippen LogP contribution is 2.19. The predicted molar refractivity (Wildman–Crippen MR) is 71.4 cm³/mol. The van der Waals surface area contributed by atoms with E-state index in [0.717, 1.165) is 12.2 Å². The van der Waals surface area contributed by atoms with E-state index in [1.807, 2.05) is 6.08 Å². The van der Waals surface area contributed by atoms with Gasteiger partial charge in [-0.15, -0.1) is 0 Å². The summed E-state index contributed by atoms with van der Waals surface area (Å²) < 4.78 is 0. The molecule has 0 amide bonds.